The van der Waals surface area contributed by atoms with Gasteiger partial charge in [-0.05, 0) is 92.8 Å². The van der Waals surface area contributed by atoms with Crippen molar-refractivity contribution in [1.82, 2.24) is 25.2 Å². The Balaban J connectivity index is 1.24. The second-order valence-corrected chi connectivity index (χ2v) is 14.6. The topological polar surface area (TPSA) is 86.6 Å². The zero-order valence-corrected chi connectivity index (χ0v) is 26.9. The molecule has 0 amide bonds. The Hall–Kier alpha value is -3.56. The third kappa shape index (κ3) is 4.64. The molecular formula is C37H43FN6O2. The van der Waals surface area contributed by atoms with E-state index in [4.69, 9.17) is 19.7 Å². The molecule has 2 bridgehead atoms. The third-order valence-electron chi connectivity index (χ3n) is 11.4. The summed E-state index contributed by atoms with van der Waals surface area (Å²) in [4.78, 5) is 20.5. The smallest absolute Gasteiger partial charge is 0.319 e. The first-order valence-electron chi connectivity index (χ1n) is 17.4. The van der Waals surface area contributed by atoms with Crippen molar-refractivity contribution in [2.75, 3.05) is 37.7 Å². The standard InChI is InChI=1S/C37H43FN6O2/c1-3-22-6-4-7-24-14-28(45)15-29(31(22)24)33-32(23-8-9-23)34-30(21(2)39-33)35(43-18-26-10-11-27(19-43)40-26)42-36(41-34)46-20-37-12-5-13-44(37)17-25(38)16-37/h4,6-7,14-15,23,25-27,40,45H,3,5,8-13,16-20H2,1-2H3/t25-,26?,27?,37+/m1/s1. The van der Waals surface area contributed by atoms with Crippen molar-refractivity contribution in [3.8, 4) is 23.0 Å². The summed E-state index contributed by atoms with van der Waals surface area (Å²) in [5.41, 5.74) is 5.77. The van der Waals surface area contributed by atoms with E-state index in [9.17, 15) is 9.50 Å². The number of aromatic hydroxyl groups is 1. The summed E-state index contributed by atoms with van der Waals surface area (Å²) in [5, 5.41) is 17.9. The van der Waals surface area contributed by atoms with Crippen molar-refractivity contribution in [3.63, 3.8) is 0 Å². The number of aromatic nitrogens is 3. The van der Waals surface area contributed by atoms with E-state index in [1.54, 1.807) is 0 Å². The monoisotopic (exact) mass is 622 g/mol. The fourth-order valence-electron chi connectivity index (χ4n) is 9.20. The van der Waals surface area contributed by atoms with Crippen molar-refractivity contribution in [2.45, 2.75) is 94.9 Å². The number of hydrogen-bond donors (Lipinski definition) is 2. The van der Waals surface area contributed by atoms with Crippen molar-refractivity contribution in [3.05, 3.63) is 47.2 Å². The van der Waals surface area contributed by atoms with Crippen LogP contribution in [0.2, 0.25) is 0 Å². The lowest BCUT2D eigenvalue weighted by atomic mass is 9.91. The van der Waals surface area contributed by atoms with Gasteiger partial charge in [0.05, 0.1) is 27.8 Å². The fraction of sp³-hybridized carbons (Fsp3) is 0.541. The van der Waals surface area contributed by atoms with Gasteiger partial charge >= 0.3 is 6.01 Å². The van der Waals surface area contributed by atoms with Gasteiger partial charge in [-0.3, -0.25) is 9.88 Å². The summed E-state index contributed by atoms with van der Waals surface area (Å²) in [6.45, 7) is 7.85. The summed E-state index contributed by atoms with van der Waals surface area (Å²) in [5.74, 6) is 1.48. The second-order valence-electron chi connectivity index (χ2n) is 14.6. The number of ether oxygens (including phenoxy) is 1. The zero-order chi connectivity index (χ0) is 31.2. The van der Waals surface area contributed by atoms with Crippen LogP contribution in [0.4, 0.5) is 10.2 Å². The van der Waals surface area contributed by atoms with E-state index in [-0.39, 0.29) is 11.3 Å². The highest BCUT2D eigenvalue weighted by atomic mass is 19.1. The Labute approximate surface area is 269 Å². The van der Waals surface area contributed by atoms with Crippen LogP contribution < -0.4 is 15.0 Å². The highest BCUT2D eigenvalue weighted by Crippen LogP contribution is 2.50. The molecule has 4 aromatic rings. The van der Waals surface area contributed by atoms with E-state index in [0.717, 1.165) is 102 Å². The number of alkyl halides is 1. The molecule has 4 atom stereocenters. The number of nitrogens with one attached hydrogen (secondary N) is 1. The molecule has 240 valence electrons. The number of fused-ring (bicyclic) bond motifs is 5. The number of phenols is 1. The van der Waals surface area contributed by atoms with Crippen LogP contribution in [0.15, 0.2) is 30.3 Å². The highest BCUT2D eigenvalue weighted by Gasteiger charge is 2.49. The number of aryl methyl sites for hydroxylation is 2. The van der Waals surface area contributed by atoms with Crippen LogP contribution >= 0.6 is 0 Å². The Bertz CT molecular complexity index is 1850. The number of pyridine rings is 1. The van der Waals surface area contributed by atoms with Crippen LogP contribution in [0.3, 0.4) is 0 Å². The Morgan fingerprint density at radius 3 is 2.65 bits per heavy atom. The molecule has 0 radical (unpaired) electrons. The number of piperazine rings is 1. The first-order chi connectivity index (χ1) is 22.4. The zero-order valence-electron chi connectivity index (χ0n) is 26.9. The lowest BCUT2D eigenvalue weighted by Crippen LogP contribution is -2.51. The minimum absolute atomic E-state index is 0.240. The van der Waals surface area contributed by atoms with Gasteiger partial charge in [0.25, 0.3) is 0 Å². The van der Waals surface area contributed by atoms with Crippen LogP contribution in [0.25, 0.3) is 32.9 Å². The van der Waals surface area contributed by atoms with E-state index in [1.807, 2.05) is 12.1 Å². The molecule has 5 fully saturated rings. The van der Waals surface area contributed by atoms with Gasteiger partial charge in [-0.2, -0.15) is 9.97 Å². The van der Waals surface area contributed by atoms with Gasteiger partial charge in [-0.15, -0.1) is 0 Å². The van der Waals surface area contributed by atoms with E-state index in [2.05, 4.69) is 47.2 Å². The van der Waals surface area contributed by atoms with Gasteiger partial charge in [0.15, 0.2) is 0 Å². The predicted octanol–water partition coefficient (Wildman–Crippen LogP) is 6.19. The molecule has 2 unspecified atom stereocenters. The number of anilines is 1. The van der Waals surface area contributed by atoms with Crippen molar-refractivity contribution >= 4 is 27.5 Å². The minimum atomic E-state index is -0.809. The van der Waals surface area contributed by atoms with Crippen LogP contribution in [0, 0.1) is 6.92 Å². The van der Waals surface area contributed by atoms with E-state index >= 15 is 0 Å². The Kier molecular flexibility index (Phi) is 6.69. The number of phenolic OH excluding ortho intramolecular Hbond substituents is 1. The average Bonchev–Trinajstić information content (AvgIpc) is 3.62. The lowest BCUT2D eigenvalue weighted by molar-refractivity contribution is 0.107. The molecule has 1 aliphatic carbocycles. The summed E-state index contributed by atoms with van der Waals surface area (Å²) in [6.07, 6.45) is 7.11. The van der Waals surface area contributed by atoms with Crippen LogP contribution in [-0.2, 0) is 6.42 Å². The number of rotatable bonds is 7. The maximum atomic E-state index is 14.6. The molecule has 9 heteroatoms. The molecule has 1 saturated carbocycles. The first-order valence-corrected chi connectivity index (χ1v) is 17.4. The molecule has 2 aromatic carbocycles. The quantitative estimate of drug-likeness (QED) is 0.252. The summed E-state index contributed by atoms with van der Waals surface area (Å²) >= 11 is 0. The van der Waals surface area contributed by atoms with Gasteiger partial charge < -0.3 is 20.1 Å². The van der Waals surface area contributed by atoms with E-state index < -0.39 is 6.17 Å². The molecule has 0 spiro atoms. The third-order valence-corrected chi connectivity index (χ3v) is 11.4. The summed E-state index contributed by atoms with van der Waals surface area (Å²) < 4.78 is 21.2. The first kappa shape index (κ1) is 28.6. The molecule has 4 aliphatic heterocycles. The SMILES string of the molecule is CCc1cccc2cc(O)cc(-c3nc(C)c4c(N5CC6CCC(C5)N6)nc(OC[C@@]56CCCN5C[C@H](F)C6)nc4c3C3CC3)c12. The molecular weight excluding hydrogens is 579 g/mol. The lowest BCUT2D eigenvalue weighted by Gasteiger charge is -2.35. The molecule has 4 saturated heterocycles. The number of hydrogen-bond acceptors (Lipinski definition) is 8. The largest absolute Gasteiger partial charge is 0.508 e. The second kappa shape index (κ2) is 10.7. The van der Waals surface area contributed by atoms with Gasteiger partial charge in [-0.25, -0.2) is 4.39 Å². The van der Waals surface area contributed by atoms with Gasteiger partial charge in [0, 0.05) is 49.3 Å². The van der Waals surface area contributed by atoms with Crippen LogP contribution in [0.5, 0.6) is 11.8 Å². The van der Waals surface area contributed by atoms with E-state index in [1.165, 1.54) is 18.4 Å². The summed E-state index contributed by atoms with van der Waals surface area (Å²) in [6, 6.07) is 11.3. The molecule has 6 heterocycles. The maximum Gasteiger partial charge on any atom is 0.319 e. The number of benzene rings is 2. The normalized spacial score (nSPS) is 27.6. The molecule has 46 heavy (non-hydrogen) atoms. The Morgan fingerprint density at radius 1 is 1.04 bits per heavy atom. The maximum absolute atomic E-state index is 14.6. The minimum Gasteiger partial charge on any atom is -0.508 e. The van der Waals surface area contributed by atoms with Gasteiger partial charge in [0.2, 0.25) is 0 Å². The number of nitrogens with zero attached hydrogens (tertiary/aromatic N) is 5. The van der Waals surface area contributed by atoms with Gasteiger partial charge in [0.1, 0.15) is 24.3 Å². The average molecular weight is 623 g/mol. The van der Waals surface area contributed by atoms with Gasteiger partial charge in [-0.1, -0.05) is 25.1 Å². The van der Waals surface area contributed by atoms with Crippen molar-refractivity contribution in [2.24, 2.45) is 0 Å². The van der Waals surface area contributed by atoms with Crippen molar-refractivity contribution < 1.29 is 14.2 Å². The molecule has 8 nitrogen and oxygen atoms in total. The number of halogens is 1. The predicted molar refractivity (Wildman–Crippen MR) is 179 cm³/mol. The molecule has 2 aromatic heterocycles. The van der Waals surface area contributed by atoms with Crippen molar-refractivity contribution in [1.29, 1.82) is 0 Å². The van der Waals surface area contributed by atoms with E-state index in [0.29, 0.717) is 43.6 Å². The molecule has 9 rings (SSSR count). The van der Waals surface area contributed by atoms with Crippen LogP contribution in [0.1, 0.15) is 74.6 Å². The van der Waals surface area contributed by atoms with Crippen LogP contribution in [-0.4, -0.2) is 81.5 Å². The molecule has 2 N–H and O–H groups in total. The fourth-order valence-corrected chi connectivity index (χ4v) is 9.20. The Morgan fingerprint density at radius 2 is 1.87 bits per heavy atom. The highest BCUT2D eigenvalue weighted by molar-refractivity contribution is 6.04. The molecule has 5 aliphatic rings. The summed E-state index contributed by atoms with van der Waals surface area (Å²) in [7, 11) is 0.